The fraction of sp³-hybridized carbons (Fsp3) is 0.333. The maximum Gasteiger partial charge on any atom is 0.268 e. The van der Waals surface area contributed by atoms with Crippen LogP contribution in [0.1, 0.15) is 24.5 Å². The zero-order chi connectivity index (χ0) is 19.9. The van der Waals surface area contributed by atoms with E-state index in [1.165, 1.54) is 23.9 Å². The Morgan fingerprint density at radius 2 is 2.11 bits per heavy atom. The molecule has 0 radical (unpaired) electrons. The quantitative estimate of drug-likeness (QED) is 0.788. The van der Waals surface area contributed by atoms with E-state index in [2.05, 4.69) is 0 Å². The number of carbonyl (C=O) groups is 2. The van der Waals surface area contributed by atoms with E-state index < -0.39 is 4.87 Å². The third-order valence-electron chi connectivity index (χ3n) is 5.23. The lowest BCUT2D eigenvalue weighted by atomic mass is 10.0. The van der Waals surface area contributed by atoms with Crippen LogP contribution in [-0.2, 0) is 21.0 Å². The minimum atomic E-state index is -1.08. The normalized spacial score (nSPS) is 20.8. The lowest BCUT2D eigenvalue weighted by molar-refractivity contribution is -0.139. The first-order valence-electron chi connectivity index (χ1n) is 9.20. The highest BCUT2D eigenvalue weighted by Gasteiger charge is 2.59. The van der Waals surface area contributed by atoms with Gasteiger partial charge in [-0.25, -0.2) is 4.39 Å². The molecule has 2 heterocycles. The Balaban J connectivity index is 1.83. The van der Waals surface area contributed by atoms with Gasteiger partial charge in [-0.2, -0.15) is 0 Å². The number of rotatable bonds is 4. The van der Waals surface area contributed by atoms with E-state index in [1.54, 1.807) is 42.0 Å². The molecule has 2 amide bonds. The monoisotopic (exact) mass is 400 g/mol. The van der Waals surface area contributed by atoms with E-state index in [9.17, 15) is 14.0 Å². The third kappa shape index (κ3) is 2.76. The van der Waals surface area contributed by atoms with Crippen molar-refractivity contribution >= 4 is 29.3 Å². The van der Waals surface area contributed by atoms with Gasteiger partial charge in [0.2, 0.25) is 5.91 Å². The Morgan fingerprint density at radius 1 is 1.29 bits per heavy atom. The van der Waals surface area contributed by atoms with Crippen LogP contribution in [0.25, 0.3) is 0 Å². The molecule has 0 aliphatic carbocycles. The van der Waals surface area contributed by atoms with Gasteiger partial charge in [0, 0.05) is 24.3 Å². The Morgan fingerprint density at radius 3 is 2.82 bits per heavy atom. The largest absolute Gasteiger partial charge is 0.497 e. The number of benzene rings is 2. The first kappa shape index (κ1) is 18.8. The minimum absolute atomic E-state index is 0.0558. The van der Waals surface area contributed by atoms with E-state index in [-0.39, 0.29) is 24.2 Å². The fourth-order valence-electron chi connectivity index (χ4n) is 3.94. The number of fused-ring (bicyclic) bond motifs is 2. The Labute approximate surface area is 167 Å². The standard InChI is InChI=1S/C21H21FN2O3S/c1-3-19(25)24-9-10-28-21(24)17-12-16(27-2)7-8-18(17)23(20(21)26)13-14-5-4-6-15(22)11-14/h4-8,11-12H,3,9-10,13H2,1-2H3/t21-/m0/s1. The van der Waals surface area contributed by atoms with Gasteiger partial charge in [0.1, 0.15) is 11.6 Å². The number of carbonyl (C=O) groups excluding carboxylic acids is 2. The van der Waals surface area contributed by atoms with E-state index in [0.29, 0.717) is 30.0 Å². The molecule has 4 rings (SSSR count). The summed E-state index contributed by atoms with van der Waals surface area (Å²) in [4.78, 5) is 28.6. The summed E-state index contributed by atoms with van der Waals surface area (Å²) in [5, 5.41) is 0. The van der Waals surface area contributed by atoms with Crippen molar-refractivity contribution in [1.29, 1.82) is 0 Å². The van der Waals surface area contributed by atoms with E-state index in [0.717, 1.165) is 11.3 Å². The smallest absolute Gasteiger partial charge is 0.268 e. The van der Waals surface area contributed by atoms with Gasteiger partial charge in [-0.3, -0.25) is 9.59 Å². The lowest BCUT2D eigenvalue weighted by Gasteiger charge is -2.33. The number of methoxy groups -OCH3 is 1. The molecule has 2 aliphatic rings. The summed E-state index contributed by atoms with van der Waals surface area (Å²) < 4.78 is 19.0. The molecular formula is C21H21FN2O3S. The van der Waals surface area contributed by atoms with Crippen LogP contribution in [0.4, 0.5) is 10.1 Å². The highest BCUT2D eigenvalue weighted by molar-refractivity contribution is 8.01. The second kappa shape index (κ2) is 7.13. The molecule has 0 bridgehead atoms. The molecule has 1 atom stereocenters. The van der Waals surface area contributed by atoms with Crippen LogP contribution in [0.2, 0.25) is 0 Å². The van der Waals surface area contributed by atoms with Crippen LogP contribution in [0.5, 0.6) is 5.75 Å². The van der Waals surface area contributed by atoms with Gasteiger partial charge < -0.3 is 14.5 Å². The van der Waals surface area contributed by atoms with Crippen LogP contribution >= 0.6 is 11.8 Å². The summed E-state index contributed by atoms with van der Waals surface area (Å²) >= 11 is 1.48. The molecule has 5 nitrogen and oxygen atoms in total. The molecule has 0 aromatic heterocycles. The maximum absolute atomic E-state index is 13.7. The number of nitrogens with zero attached hydrogens (tertiary/aromatic N) is 2. The molecule has 28 heavy (non-hydrogen) atoms. The van der Waals surface area contributed by atoms with Gasteiger partial charge in [-0.15, -0.1) is 11.8 Å². The van der Waals surface area contributed by atoms with Crippen molar-refractivity contribution in [2.24, 2.45) is 0 Å². The van der Waals surface area contributed by atoms with Crippen molar-refractivity contribution in [3.8, 4) is 5.75 Å². The highest BCUT2D eigenvalue weighted by atomic mass is 32.2. The van der Waals surface area contributed by atoms with Crippen molar-refractivity contribution in [3.05, 3.63) is 59.4 Å². The summed E-state index contributed by atoms with van der Waals surface area (Å²) in [7, 11) is 1.58. The van der Waals surface area contributed by atoms with E-state index in [1.807, 2.05) is 12.1 Å². The number of thioether (sulfide) groups is 1. The van der Waals surface area contributed by atoms with Gasteiger partial charge in [0.25, 0.3) is 5.91 Å². The highest BCUT2D eigenvalue weighted by Crippen LogP contribution is 2.55. The second-order valence-electron chi connectivity index (χ2n) is 6.80. The average Bonchev–Trinajstić information content (AvgIpc) is 3.24. The molecular weight excluding hydrogens is 379 g/mol. The Bertz CT molecular complexity index is 951. The Hall–Kier alpha value is -2.54. The van der Waals surface area contributed by atoms with Gasteiger partial charge in [0.15, 0.2) is 4.87 Å². The first-order valence-corrected chi connectivity index (χ1v) is 10.2. The van der Waals surface area contributed by atoms with Gasteiger partial charge in [-0.05, 0) is 35.9 Å². The molecule has 1 saturated heterocycles. The second-order valence-corrected chi connectivity index (χ2v) is 8.08. The van der Waals surface area contributed by atoms with Crippen molar-refractivity contribution in [3.63, 3.8) is 0 Å². The number of halogens is 1. The predicted molar refractivity (Wildman–Crippen MR) is 107 cm³/mol. The average molecular weight is 400 g/mol. The Kier molecular flexibility index (Phi) is 4.79. The van der Waals surface area contributed by atoms with Crippen LogP contribution in [0.3, 0.4) is 0 Å². The van der Waals surface area contributed by atoms with Gasteiger partial charge in [-0.1, -0.05) is 19.1 Å². The molecule has 2 aliphatic heterocycles. The van der Waals surface area contributed by atoms with Crippen molar-refractivity contribution in [2.45, 2.75) is 24.8 Å². The molecule has 0 unspecified atom stereocenters. The first-order chi connectivity index (χ1) is 13.5. The molecule has 1 spiro atoms. The number of amides is 2. The van der Waals surface area contributed by atoms with Crippen molar-refractivity contribution in [2.75, 3.05) is 24.3 Å². The summed E-state index contributed by atoms with van der Waals surface area (Å²) in [6.07, 6.45) is 0.332. The summed E-state index contributed by atoms with van der Waals surface area (Å²) in [6, 6.07) is 11.7. The molecule has 146 valence electrons. The number of hydrogen-bond donors (Lipinski definition) is 0. The van der Waals surface area contributed by atoms with Crippen molar-refractivity contribution in [1.82, 2.24) is 4.90 Å². The van der Waals surface area contributed by atoms with E-state index >= 15 is 0 Å². The van der Waals surface area contributed by atoms with Crippen LogP contribution < -0.4 is 9.64 Å². The molecule has 0 N–H and O–H groups in total. The van der Waals surface area contributed by atoms with Crippen LogP contribution in [0, 0.1) is 5.82 Å². The van der Waals surface area contributed by atoms with Crippen LogP contribution in [-0.4, -0.2) is 36.1 Å². The van der Waals surface area contributed by atoms with Crippen LogP contribution in [0.15, 0.2) is 42.5 Å². The van der Waals surface area contributed by atoms with E-state index in [4.69, 9.17) is 4.74 Å². The number of anilines is 1. The summed E-state index contributed by atoms with van der Waals surface area (Å²) in [5.74, 6) is 0.757. The van der Waals surface area contributed by atoms with Gasteiger partial charge >= 0.3 is 0 Å². The molecule has 7 heteroatoms. The molecule has 2 aromatic carbocycles. The maximum atomic E-state index is 13.7. The number of ether oxygens (including phenoxy) is 1. The summed E-state index contributed by atoms with van der Waals surface area (Å²) in [5.41, 5.74) is 2.19. The predicted octanol–water partition coefficient (Wildman–Crippen LogP) is 3.52. The molecule has 2 aromatic rings. The lowest BCUT2D eigenvalue weighted by Crippen LogP contribution is -2.50. The van der Waals surface area contributed by atoms with Crippen molar-refractivity contribution < 1.29 is 18.7 Å². The fourth-order valence-corrected chi connectivity index (χ4v) is 5.41. The summed E-state index contributed by atoms with van der Waals surface area (Å²) in [6.45, 7) is 2.56. The third-order valence-corrected chi connectivity index (χ3v) is 6.65. The minimum Gasteiger partial charge on any atom is -0.497 e. The SMILES string of the molecule is CCC(=O)N1CCS[C@@]12C(=O)N(Cc1cccc(F)c1)c1ccc(OC)cc12. The molecule has 0 saturated carbocycles. The topological polar surface area (TPSA) is 49.9 Å². The number of hydrogen-bond acceptors (Lipinski definition) is 4. The zero-order valence-corrected chi connectivity index (χ0v) is 16.6. The molecule has 1 fully saturated rings. The zero-order valence-electron chi connectivity index (χ0n) is 15.8. The van der Waals surface area contributed by atoms with Gasteiger partial charge in [0.05, 0.1) is 19.3 Å².